The third-order valence-electron chi connectivity index (χ3n) is 6.03. The fraction of sp³-hybridized carbons (Fsp3) is 0.200. The Bertz CT molecular complexity index is 1430. The van der Waals surface area contributed by atoms with Crippen LogP contribution in [0.4, 0.5) is 5.69 Å². The molecule has 37 heavy (non-hydrogen) atoms. The molecule has 190 valence electrons. The van der Waals surface area contributed by atoms with Crippen LogP contribution in [0, 0.1) is 0 Å². The van der Waals surface area contributed by atoms with Crippen LogP contribution in [-0.2, 0) is 20.7 Å². The first-order chi connectivity index (χ1) is 17.9. The lowest BCUT2D eigenvalue weighted by molar-refractivity contribution is -0.141. The average Bonchev–Trinajstić information content (AvgIpc) is 3.51. The number of hydrazine groups is 2. The van der Waals surface area contributed by atoms with Crippen LogP contribution >= 0.6 is 23.2 Å². The van der Waals surface area contributed by atoms with Gasteiger partial charge in [0.05, 0.1) is 30.5 Å². The molecule has 0 unspecified atom stereocenters. The summed E-state index contributed by atoms with van der Waals surface area (Å²) in [5, 5.41) is 5.19. The quantitative estimate of drug-likeness (QED) is 0.309. The second-order valence-corrected chi connectivity index (χ2v) is 9.33. The molecule has 3 heterocycles. The second kappa shape index (κ2) is 10.6. The molecule has 2 aromatic carbocycles. The molecule has 12 heteroatoms. The summed E-state index contributed by atoms with van der Waals surface area (Å²) >= 11 is 12.3. The maximum atomic E-state index is 13.4. The Morgan fingerprint density at radius 3 is 2.65 bits per heavy atom. The number of carbonyl (C=O) groups excluding carboxylic acids is 2. The predicted octanol–water partition coefficient (Wildman–Crippen LogP) is 2.65. The summed E-state index contributed by atoms with van der Waals surface area (Å²) in [4.78, 5) is 43.1. The zero-order valence-corrected chi connectivity index (χ0v) is 20.9. The van der Waals surface area contributed by atoms with Gasteiger partial charge in [0, 0.05) is 29.5 Å². The van der Waals surface area contributed by atoms with Crippen LogP contribution in [0.3, 0.4) is 0 Å². The average molecular weight is 541 g/mol. The number of aromatic nitrogens is 2. The highest BCUT2D eigenvalue weighted by atomic mass is 35.5. The van der Waals surface area contributed by atoms with E-state index in [0.29, 0.717) is 33.5 Å². The van der Waals surface area contributed by atoms with Gasteiger partial charge >= 0.3 is 5.97 Å². The number of hydrogen-bond acceptors (Lipinski definition) is 8. The number of nitrogens with zero attached hydrogens (tertiary/aromatic N) is 3. The smallest absolute Gasteiger partial charge is 0.328 e. The Morgan fingerprint density at radius 1 is 1.16 bits per heavy atom. The van der Waals surface area contributed by atoms with Crippen LogP contribution in [-0.4, -0.2) is 34.1 Å². The zero-order chi connectivity index (χ0) is 25.9. The van der Waals surface area contributed by atoms with Gasteiger partial charge in [-0.25, -0.2) is 9.78 Å². The van der Waals surface area contributed by atoms with E-state index < -0.39 is 29.5 Å². The number of amides is 1. The van der Waals surface area contributed by atoms with E-state index in [1.54, 1.807) is 29.4 Å². The van der Waals surface area contributed by atoms with Gasteiger partial charge in [-0.05, 0) is 23.8 Å². The molecule has 0 spiro atoms. The summed E-state index contributed by atoms with van der Waals surface area (Å²) < 4.78 is 6.22. The molecule has 3 aromatic rings. The lowest BCUT2D eigenvalue weighted by Gasteiger charge is -2.22. The molecule has 1 aromatic heterocycles. The number of rotatable bonds is 7. The van der Waals surface area contributed by atoms with Gasteiger partial charge in [-0.15, -0.1) is 5.53 Å². The van der Waals surface area contributed by atoms with Gasteiger partial charge in [0.15, 0.2) is 0 Å². The van der Waals surface area contributed by atoms with Crippen molar-refractivity contribution in [2.45, 2.75) is 24.9 Å². The van der Waals surface area contributed by atoms with Gasteiger partial charge in [0.1, 0.15) is 17.2 Å². The van der Waals surface area contributed by atoms with Crippen molar-refractivity contribution in [2.75, 3.05) is 11.6 Å². The molecule has 2 aliphatic rings. The van der Waals surface area contributed by atoms with E-state index in [4.69, 9.17) is 27.9 Å². The van der Waals surface area contributed by atoms with Gasteiger partial charge in [0.25, 0.3) is 5.56 Å². The van der Waals surface area contributed by atoms with E-state index in [-0.39, 0.29) is 13.0 Å². The Kier molecular flexibility index (Phi) is 7.13. The maximum Gasteiger partial charge on any atom is 0.328 e. The Hall–Kier alpha value is -3.86. The van der Waals surface area contributed by atoms with E-state index in [1.165, 1.54) is 17.0 Å². The van der Waals surface area contributed by atoms with Crippen LogP contribution in [0.2, 0.25) is 5.02 Å². The number of halogens is 2. The van der Waals surface area contributed by atoms with Crippen LogP contribution < -0.4 is 26.8 Å². The van der Waals surface area contributed by atoms with Crippen LogP contribution in [0.5, 0.6) is 0 Å². The van der Waals surface area contributed by atoms with Gasteiger partial charge in [-0.1, -0.05) is 53.5 Å². The zero-order valence-electron chi connectivity index (χ0n) is 19.4. The lowest BCUT2D eigenvalue weighted by atomic mass is 10.0. The number of cyclic esters (lactones) is 1. The van der Waals surface area contributed by atoms with E-state index in [2.05, 4.69) is 21.3 Å². The van der Waals surface area contributed by atoms with Crippen molar-refractivity contribution in [3.63, 3.8) is 0 Å². The maximum absolute atomic E-state index is 13.4. The number of ether oxygens (including phenoxy) is 1. The van der Waals surface area contributed by atoms with Gasteiger partial charge < -0.3 is 10.1 Å². The van der Waals surface area contributed by atoms with Crippen molar-refractivity contribution in [1.82, 2.24) is 25.8 Å². The molecule has 0 aliphatic carbocycles. The normalized spacial score (nSPS) is 17.7. The Labute approximate surface area is 221 Å². The predicted molar refractivity (Wildman–Crippen MR) is 138 cm³/mol. The summed E-state index contributed by atoms with van der Waals surface area (Å²) in [6.07, 6.45) is 3.57. The minimum absolute atomic E-state index is 0.227. The van der Waals surface area contributed by atoms with Crippen LogP contribution in [0.15, 0.2) is 77.1 Å². The van der Waals surface area contributed by atoms with Gasteiger partial charge in [-0.2, -0.15) is 0 Å². The molecule has 3 N–H and O–H groups in total. The topological polar surface area (TPSA) is 118 Å². The molecule has 10 nitrogen and oxygen atoms in total. The van der Waals surface area contributed by atoms with Crippen LogP contribution in [0.1, 0.15) is 18.0 Å². The van der Waals surface area contributed by atoms with Gasteiger partial charge in [0.2, 0.25) is 5.91 Å². The van der Waals surface area contributed by atoms with E-state index in [1.807, 2.05) is 30.3 Å². The molecule has 1 fully saturated rings. The minimum Gasteiger partial charge on any atom is -0.464 e. The van der Waals surface area contributed by atoms with E-state index >= 15 is 0 Å². The van der Waals surface area contributed by atoms with Crippen molar-refractivity contribution < 1.29 is 14.3 Å². The molecule has 5 rings (SSSR count). The summed E-state index contributed by atoms with van der Waals surface area (Å²) in [7, 11) is 0. The van der Waals surface area contributed by atoms with E-state index in [9.17, 15) is 14.4 Å². The highest BCUT2D eigenvalue weighted by Gasteiger charge is 2.32. The standard InChI is InChI=1S/C25H22Cl2N6O4/c26-16-6-7-20(33-13-22(27)30-31-33)17(11-16)19-12-23(34)32(14-28-19)21(10-15-4-2-1-3-5-15)24(35)29-18-8-9-37-25(18)36/h1-7,11-14,18,21,30-31H,8-10H2,(H,29,35)/t18-,21-/m0/s1. The minimum atomic E-state index is -0.935. The number of nitrogens with one attached hydrogen (secondary N) is 3. The van der Waals surface area contributed by atoms with Crippen molar-refractivity contribution in [3.05, 3.63) is 93.2 Å². The number of benzene rings is 2. The lowest BCUT2D eigenvalue weighted by Crippen LogP contribution is -2.44. The highest BCUT2D eigenvalue weighted by molar-refractivity contribution is 6.31. The molecule has 0 bridgehead atoms. The molecule has 0 saturated carbocycles. The molecule has 2 atom stereocenters. The number of hydrogen-bond donors (Lipinski definition) is 3. The van der Waals surface area contributed by atoms with Crippen molar-refractivity contribution in [1.29, 1.82) is 0 Å². The van der Waals surface area contributed by atoms with Crippen molar-refractivity contribution in [2.24, 2.45) is 0 Å². The molecular weight excluding hydrogens is 519 g/mol. The fourth-order valence-corrected chi connectivity index (χ4v) is 4.50. The first-order valence-electron chi connectivity index (χ1n) is 11.5. The number of esters is 1. The van der Waals surface area contributed by atoms with Crippen molar-refractivity contribution in [3.8, 4) is 11.3 Å². The van der Waals surface area contributed by atoms with E-state index in [0.717, 1.165) is 5.56 Å². The monoisotopic (exact) mass is 540 g/mol. The number of anilines is 1. The molecule has 1 amide bonds. The first kappa shape index (κ1) is 24.8. The largest absolute Gasteiger partial charge is 0.464 e. The molecule has 0 radical (unpaired) electrons. The third-order valence-corrected chi connectivity index (χ3v) is 6.46. The summed E-state index contributed by atoms with van der Waals surface area (Å²) in [5.74, 6) is -0.958. The van der Waals surface area contributed by atoms with Crippen LogP contribution in [0.25, 0.3) is 11.3 Å². The molecular formula is C25H22Cl2N6O4. The fourth-order valence-electron chi connectivity index (χ4n) is 4.19. The third kappa shape index (κ3) is 5.46. The Balaban J connectivity index is 1.50. The van der Waals surface area contributed by atoms with Crippen molar-refractivity contribution >= 4 is 40.8 Å². The number of carbonyl (C=O) groups is 2. The summed E-state index contributed by atoms with van der Waals surface area (Å²) in [6, 6.07) is 14.1. The molecule has 2 aliphatic heterocycles. The Morgan fingerprint density at radius 2 is 1.97 bits per heavy atom. The van der Waals surface area contributed by atoms with Gasteiger partial charge in [-0.3, -0.25) is 24.6 Å². The summed E-state index contributed by atoms with van der Waals surface area (Å²) in [5.41, 5.74) is 7.65. The summed E-state index contributed by atoms with van der Waals surface area (Å²) in [6.45, 7) is 0.243. The second-order valence-electron chi connectivity index (χ2n) is 8.49. The first-order valence-corrected chi connectivity index (χ1v) is 12.2. The highest BCUT2D eigenvalue weighted by Crippen LogP contribution is 2.32. The SMILES string of the molecule is O=C1OCC[C@@H]1NC(=O)[C@H](Cc1ccccc1)n1cnc(-c2cc(Cl)ccc2N2C=C(Cl)NN2)cc1=O. The molecule has 1 saturated heterocycles.